The maximum absolute atomic E-state index is 12.6. The van der Waals surface area contributed by atoms with Gasteiger partial charge in [-0.25, -0.2) is 4.68 Å². The minimum absolute atomic E-state index is 0.00796. The zero-order valence-corrected chi connectivity index (χ0v) is 10.6. The summed E-state index contributed by atoms with van der Waals surface area (Å²) in [5.41, 5.74) is -0.547. The Kier molecular flexibility index (Phi) is 3.24. The Bertz CT molecular complexity index is 677. The number of hydrogen-bond donors (Lipinski definition) is 0. The summed E-state index contributed by atoms with van der Waals surface area (Å²) < 4.78 is 38.8. The van der Waals surface area contributed by atoms with Crippen molar-refractivity contribution in [3.8, 4) is 5.69 Å². The first kappa shape index (κ1) is 14.0. The van der Waals surface area contributed by atoms with Gasteiger partial charge in [0.1, 0.15) is 5.69 Å². The molecule has 0 amide bonds. The van der Waals surface area contributed by atoms with Gasteiger partial charge in [-0.3, -0.25) is 10.1 Å². The largest absolute Gasteiger partial charge is 0.435 e. The van der Waals surface area contributed by atoms with Crippen molar-refractivity contribution in [2.75, 3.05) is 0 Å². The van der Waals surface area contributed by atoms with Gasteiger partial charge in [0, 0.05) is 11.8 Å². The van der Waals surface area contributed by atoms with Crippen molar-refractivity contribution in [1.82, 2.24) is 9.78 Å². The molecular formula is C12H10F3N3O2. The summed E-state index contributed by atoms with van der Waals surface area (Å²) in [6.45, 7) is 3.07. The maximum Gasteiger partial charge on any atom is 0.435 e. The predicted octanol–water partition coefficient (Wildman–Crippen LogP) is 3.42. The topological polar surface area (TPSA) is 61.0 Å². The number of nitro benzene ring substituents is 1. The average Bonchev–Trinajstić information content (AvgIpc) is 2.71. The van der Waals surface area contributed by atoms with Gasteiger partial charge in [-0.2, -0.15) is 18.3 Å². The molecule has 0 aliphatic heterocycles. The van der Waals surface area contributed by atoms with E-state index in [1.807, 2.05) is 0 Å². The first-order chi connectivity index (χ1) is 9.20. The molecule has 0 fully saturated rings. The fourth-order valence-electron chi connectivity index (χ4n) is 1.82. The van der Waals surface area contributed by atoms with E-state index in [2.05, 4.69) is 5.10 Å². The fraction of sp³-hybridized carbons (Fsp3) is 0.250. The van der Waals surface area contributed by atoms with E-state index in [9.17, 15) is 23.3 Å². The lowest BCUT2D eigenvalue weighted by Crippen LogP contribution is -2.08. The zero-order chi connectivity index (χ0) is 15.1. The quantitative estimate of drug-likeness (QED) is 0.627. The molecule has 2 aromatic rings. The van der Waals surface area contributed by atoms with Gasteiger partial charge >= 0.3 is 6.18 Å². The van der Waals surface area contributed by atoms with Gasteiger partial charge in [-0.1, -0.05) is 6.07 Å². The summed E-state index contributed by atoms with van der Waals surface area (Å²) in [6.07, 6.45) is -4.59. The van der Waals surface area contributed by atoms with Gasteiger partial charge in [0.25, 0.3) is 5.69 Å². The number of hydrogen-bond acceptors (Lipinski definition) is 3. The molecule has 8 heteroatoms. The Labute approximate surface area is 111 Å². The molecule has 1 aromatic carbocycles. The monoisotopic (exact) mass is 285 g/mol. The van der Waals surface area contributed by atoms with Gasteiger partial charge < -0.3 is 0 Å². The average molecular weight is 285 g/mol. The van der Waals surface area contributed by atoms with Crippen LogP contribution in [0.15, 0.2) is 24.3 Å². The van der Waals surface area contributed by atoms with Crippen LogP contribution in [0.3, 0.4) is 0 Å². The molecule has 1 aromatic heterocycles. The van der Waals surface area contributed by atoms with Crippen LogP contribution in [0.5, 0.6) is 0 Å². The summed E-state index contributed by atoms with van der Waals surface area (Å²) in [4.78, 5) is 10.4. The Hall–Kier alpha value is -2.38. The number of aryl methyl sites for hydroxylation is 2. The molecule has 0 spiro atoms. The molecule has 0 saturated heterocycles. The van der Waals surface area contributed by atoms with Crippen molar-refractivity contribution in [3.63, 3.8) is 0 Å². The highest BCUT2D eigenvalue weighted by molar-refractivity contribution is 5.54. The van der Waals surface area contributed by atoms with E-state index < -0.39 is 16.8 Å². The van der Waals surface area contributed by atoms with Crippen molar-refractivity contribution in [3.05, 3.63) is 51.3 Å². The Morgan fingerprint density at radius 2 is 1.90 bits per heavy atom. The molecule has 0 atom stereocenters. The van der Waals surface area contributed by atoms with Gasteiger partial charge in [-0.05, 0) is 31.5 Å². The van der Waals surface area contributed by atoms with Crippen LogP contribution in [0, 0.1) is 24.0 Å². The highest BCUT2D eigenvalue weighted by Crippen LogP contribution is 2.31. The lowest BCUT2D eigenvalue weighted by molar-refractivity contribution is -0.384. The van der Waals surface area contributed by atoms with E-state index in [-0.39, 0.29) is 17.1 Å². The molecule has 5 nitrogen and oxygen atoms in total. The maximum atomic E-state index is 12.6. The zero-order valence-electron chi connectivity index (χ0n) is 10.6. The Morgan fingerprint density at radius 3 is 2.40 bits per heavy atom. The molecule has 0 unspecified atom stereocenters. The smallest absolute Gasteiger partial charge is 0.258 e. The minimum Gasteiger partial charge on any atom is -0.258 e. The van der Waals surface area contributed by atoms with Gasteiger partial charge in [-0.15, -0.1) is 0 Å². The van der Waals surface area contributed by atoms with Gasteiger partial charge in [0.05, 0.1) is 4.92 Å². The second-order valence-corrected chi connectivity index (χ2v) is 4.33. The number of nitro groups is 1. The number of nitrogens with zero attached hydrogens (tertiary/aromatic N) is 3. The van der Waals surface area contributed by atoms with Crippen LogP contribution in [-0.2, 0) is 6.18 Å². The summed E-state index contributed by atoms with van der Waals surface area (Å²) >= 11 is 0. The van der Waals surface area contributed by atoms with Crippen LogP contribution < -0.4 is 0 Å². The second-order valence-electron chi connectivity index (χ2n) is 4.33. The number of alkyl halides is 3. The number of benzene rings is 1. The Morgan fingerprint density at radius 1 is 1.25 bits per heavy atom. The summed E-state index contributed by atoms with van der Waals surface area (Å²) in [7, 11) is 0. The standard InChI is InChI=1S/C12H10F3N3O2/c1-7-3-4-9(10(5-7)18(19)20)17-8(2)6-11(16-17)12(13,14)15/h3-6H,1-2H3. The van der Waals surface area contributed by atoms with E-state index in [0.29, 0.717) is 5.56 Å². The van der Waals surface area contributed by atoms with Gasteiger partial charge in [0.15, 0.2) is 5.69 Å². The van der Waals surface area contributed by atoms with E-state index in [1.54, 1.807) is 13.0 Å². The van der Waals surface area contributed by atoms with Crippen LogP contribution in [0.4, 0.5) is 18.9 Å². The molecule has 0 bridgehead atoms. The van der Waals surface area contributed by atoms with Crippen LogP contribution in [0.2, 0.25) is 0 Å². The van der Waals surface area contributed by atoms with Crippen LogP contribution in [0.25, 0.3) is 5.69 Å². The van der Waals surface area contributed by atoms with E-state index >= 15 is 0 Å². The molecule has 20 heavy (non-hydrogen) atoms. The normalized spacial score (nSPS) is 11.7. The fourth-order valence-corrected chi connectivity index (χ4v) is 1.82. The summed E-state index contributed by atoms with van der Waals surface area (Å²) in [5, 5.41) is 14.4. The first-order valence-corrected chi connectivity index (χ1v) is 5.59. The number of rotatable bonds is 2. The summed E-state index contributed by atoms with van der Waals surface area (Å²) in [5.74, 6) is 0. The molecule has 0 N–H and O–H groups in total. The van der Waals surface area contributed by atoms with Crippen molar-refractivity contribution in [1.29, 1.82) is 0 Å². The van der Waals surface area contributed by atoms with Crippen molar-refractivity contribution in [2.45, 2.75) is 20.0 Å². The van der Waals surface area contributed by atoms with Crippen LogP contribution >= 0.6 is 0 Å². The van der Waals surface area contributed by atoms with Crippen LogP contribution in [-0.4, -0.2) is 14.7 Å². The first-order valence-electron chi connectivity index (χ1n) is 5.59. The lowest BCUT2D eigenvalue weighted by atomic mass is 10.2. The lowest BCUT2D eigenvalue weighted by Gasteiger charge is -2.06. The third-order valence-corrected chi connectivity index (χ3v) is 2.73. The Balaban J connectivity index is 2.63. The van der Waals surface area contributed by atoms with Crippen molar-refractivity contribution < 1.29 is 18.1 Å². The second kappa shape index (κ2) is 4.62. The number of halogens is 3. The molecule has 2 rings (SSSR count). The molecule has 0 saturated carbocycles. The molecule has 0 aliphatic carbocycles. The van der Waals surface area contributed by atoms with Gasteiger partial charge in [0.2, 0.25) is 0 Å². The predicted molar refractivity (Wildman–Crippen MR) is 64.7 cm³/mol. The van der Waals surface area contributed by atoms with Crippen LogP contribution in [0.1, 0.15) is 17.0 Å². The third-order valence-electron chi connectivity index (χ3n) is 2.73. The van der Waals surface area contributed by atoms with E-state index in [4.69, 9.17) is 0 Å². The minimum atomic E-state index is -4.59. The molecule has 106 valence electrons. The van der Waals surface area contributed by atoms with E-state index in [0.717, 1.165) is 10.7 Å². The highest BCUT2D eigenvalue weighted by Gasteiger charge is 2.35. The molecule has 0 aliphatic rings. The van der Waals surface area contributed by atoms with Crippen molar-refractivity contribution >= 4 is 5.69 Å². The van der Waals surface area contributed by atoms with E-state index in [1.165, 1.54) is 19.1 Å². The number of aromatic nitrogens is 2. The van der Waals surface area contributed by atoms with Crippen molar-refractivity contribution in [2.24, 2.45) is 0 Å². The third kappa shape index (κ3) is 2.49. The molecular weight excluding hydrogens is 275 g/mol. The highest BCUT2D eigenvalue weighted by atomic mass is 19.4. The molecule has 1 heterocycles. The SMILES string of the molecule is Cc1ccc(-n2nc(C(F)(F)F)cc2C)c([N+](=O)[O-])c1. The summed E-state index contributed by atoms with van der Waals surface area (Å²) in [6, 6.07) is 5.11. The molecule has 0 radical (unpaired) electrons.